The second kappa shape index (κ2) is 12.7. The van der Waals surface area contributed by atoms with E-state index in [2.05, 4.69) is 16.7 Å². The van der Waals surface area contributed by atoms with E-state index in [1.54, 1.807) is 28.4 Å². The van der Waals surface area contributed by atoms with Crippen molar-refractivity contribution < 1.29 is 23.7 Å². The van der Waals surface area contributed by atoms with Gasteiger partial charge in [0.2, 0.25) is 0 Å². The molecule has 3 atom stereocenters. The maximum absolute atomic E-state index is 13.6. The third-order valence-electron chi connectivity index (χ3n) is 8.88. The molecule has 2 aromatic carbocycles. The van der Waals surface area contributed by atoms with Crippen molar-refractivity contribution in [1.82, 2.24) is 9.80 Å². The van der Waals surface area contributed by atoms with Crippen molar-refractivity contribution in [3.63, 3.8) is 0 Å². The van der Waals surface area contributed by atoms with Crippen molar-refractivity contribution in [2.45, 2.75) is 70.0 Å². The molecule has 39 heavy (non-hydrogen) atoms. The molecule has 8 heteroatoms. The van der Waals surface area contributed by atoms with Gasteiger partial charge in [-0.05, 0) is 87.7 Å². The fraction of sp³-hybridized carbons (Fsp3) is 0.581. The Bertz CT molecular complexity index is 1110. The predicted molar refractivity (Wildman–Crippen MR) is 155 cm³/mol. The first-order valence-electron chi connectivity index (χ1n) is 14.0. The SMILES string of the molecule is CCCN(CC1C[C@H]2CC[C@@H](C1)N2C(=O)c1ccc(OC)c(OC)c1)C1Cc2c(OC)ccc(OC)c2C1.Cl. The number of amides is 1. The third-order valence-corrected chi connectivity index (χ3v) is 8.88. The zero-order valence-electron chi connectivity index (χ0n) is 23.9. The van der Waals surface area contributed by atoms with Gasteiger partial charge in [-0.2, -0.15) is 0 Å². The van der Waals surface area contributed by atoms with Crippen molar-refractivity contribution >= 4 is 18.3 Å². The Morgan fingerprint density at radius 2 is 1.38 bits per heavy atom. The summed E-state index contributed by atoms with van der Waals surface area (Å²) < 4.78 is 22.2. The number of halogens is 1. The van der Waals surface area contributed by atoms with E-state index in [0.717, 1.165) is 69.5 Å². The van der Waals surface area contributed by atoms with Crippen LogP contribution in [-0.2, 0) is 12.8 Å². The monoisotopic (exact) mass is 558 g/mol. The summed E-state index contributed by atoms with van der Waals surface area (Å²) >= 11 is 0. The number of hydrogen-bond acceptors (Lipinski definition) is 6. The second-order valence-electron chi connectivity index (χ2n) is 11.0. The lowest BCUT2D eigenvalue weighted by Crippen LogP contribution is -2.49. The number of carbonyl (C=O) groups excluding carboxylic acids is 1. The number of carbonyl (C=O) groups is 1. The van der Waals surface area contributed by atoms with Crippen molar-refractivity contribution in [2.75, 3.05) is 41.5 Å². The van der Waals surface area contributed by atoms with E-state index in [9.17, 15) is 4.79 Å². The predicted octanol–water partition coefficient (Wildman–Crippen LogP) is 5.41. The van der Waals surface area contributed by atoms with Crippen LogP contribution in [0.3, 0.4) is 0 Å². The molecule has 0 N–H and O–H groups in total. The molecule has 0 aromatic heterocycles. The quantitative estimate of drug-likeness (QED) is 0.389. The standard InChI is InChI=1S/C31H42N2O5.ClH/c1-6-13-32(24-17-25-26(18-24)28(36-3)12-11-27(25)35-2)19-20-14-22-8-9-23(15-20)33(22)31(34)21-7-10-29(37-4)30(16-21)38-5;/h7,10-12,16,20,22-24H,6,8-9,13-15,17-19H2,1-5H3;1H/t20?,22-,23+;. The molecule has 5 rings (SSSR count). The molecule has 2 fully saturated rings. The van der Waals surface area contributed by atoms with Crippen LogP contribution in [0.1, 0.15) is 60.5 Å². The zero-order chi connectivity index (χ0) is 26.8. The summed E-state index contributed by atoms with van der Waals surface area (Å²) in [7, 11) is 6.74. The molecule has 2 bridgehead atoms. The lowest BCUT2D eigenvalue weighted by molar-refractivity contribution is 0.0455. The molecule has 0 saturated carbocycles. The van der Waals surface area contributed by atoms with Crippen molar-refractivity contribution in [3.05, 3.63) is 47.0 Å². The average molecular weight is 559 g/mol. The molecule has 1 aliphatic carbocycles. The minimum atomic E-state index is 0. The lowest BCUT2D eigenvalue weighted by Gasteiger charge is -2.41. The van der Waals surface area contributed by atoms with Crippen molar-refractivity contribution in [3.8, 4) is 23.0 Å². The van der Waals surface area contributed by atoms with E-state index in [4.69, 9.17) is 18.9 Å². The molecule has 7 nitrogen and oxygen atoms in total. The smallest absolute Gasteiger partial charge is 0.254 e. The first kappa shape index (κ1) is 29.3. The van der Waals surface area contributed by atoms with Gasteiger partial charge in [0.1, 0.15) is 11.5 Å². The molecule has 1 amide bonds. The van der Waals surface area contributed by atoms with Gasteiger partial charge in [-0.1, -0.05) is 6.92 Å². The van der Waals surface area contributed by atoms with Gasteiger partial charge in [-0.3, -0.25) is 9.69 Å². The highest BCUT2D eigenvalue weighted by Crippen LogP contribution is 2.42. The maximum atomic E-state index is 13.6. The molecule has 3 aliphatic rings. The molecule has 2 heterocycles. The first-order valence-corrected chi connectivity index (χ1v) is 14.0. The number of piperidine rings is 1. The summed E-state index contributed by atoms with van der Waals surface area (Å²) in [6.45, 7) is 4.44. The number of nitrogens with zero attached hydrogens (tertiary/aromatic N) is 2. The highest BCUT2D eigenvalue weighted by molar-refractivity contribution is 5.95. The Hall–Kier alpha value is -2.64. The molecule has 2 aromatic rings. The van der Waals surface area contributed by atoms with Crippen molar-refractivity contribution in [2.24, 2.45) is 5.92 Å². The molecule has 214 valence electrons. The number of methoxy groups -OCH3 is 4. The number of benzene rings is 2. The largest absolute Gasteiger partial charge is 0.496 e. The van der Waals surface area contributed by atoms with Crippen LogP contribution in [0.5, 0.6) is 23.0 Å². The van der Waals surface area contributed by atoms with Crippen molar-refractivity contribution in [1.29, 1.82) is 0 Å². The van der Waals surface area contributed by atoms with E-state index >= 15 is 0 Å². The van der Waals surface area contributed by atoms with Crippen LogP contribution in [0.2, 0.25) is 0 Å². The molecule has 0 spiro atoms. The minimum Gasteiger partial charge on any atom is -0.496 e. The lowest BCUT2D eigenvalue weighted by atomic mass is 9.89. The normalized spacial score (nSPS) is 21.9. The molecule has 0 radical (unpaired) electrons. The summed E-state index contributed by atoms with van der Waals surface area (Å²) in [5, 5.41) is 0. The summed E-state index contributed by atoms with van der Waals surface area (Å²) in [5.74, 6) is 3.90. The van der Waals surface area contributed by atoms with Gasteiger partial charge in [0.15, 0.2) is 11.5 Å². The van der Waals surface area contributed by atoms with Crippen LogP contribution in [0.4, 0.5) is 0 Å². The fourth-order valence-corrected chi connectivity index (χ4v) is 7.21. The van der Waals surface area contributed by atoms with Gasteiger partial charge in [0, 0.05) is 41.4 Å². The van der Waals surface area contributed by atoms with Crippen LogP contribution in [0, 0.1) is 5.92 Å². The van der Waals surface area contributed by atoms with Crippen LogP contribution in [0.25, 0.3) is 0 Å². The van der Waals surface area contributed by atoms with Crippen LogP contribution < -0.4 is 18.9 Å². The fourth-order valence-electron chi connectivity index (χ4n) is 7.21. The third kappa shape index (κ3) is 5.66. The van der Waals surface area contributed by atoms with Gasteiger partial charge >= 0.3 is 0 Å². The Morgan fingerprint density at radius 3 is 1.90 bits per heavy atom. The van der Waals surface area contributed by atoms with Crippen LogP contribution >= 0.6 is 12.4 Å². The topological polar surface area (TPSA) is 60.5 Å². The van der Waals surface area contributed by atoms with E-state index < -0.39 is 0 Å². The van der Waals surface area contributed by atoms with E-state index in [1.807, 2.05) is 30.3 Å². The number of hydrogen-bond donors (Lipinski definition) is 0. The van der Waals surface area contributed by atoms with Gasteiger partial charge in [-0.15, -0.1) is 12.4 Å². The Labute approximate surface area is 239 Å². The van der Waals surface area contributed by atoms with Gasteiger partial charge in [0.05, 0.1) is 28.4 Å². The average Bonchev–Trinajstić information content (AvgIpc) is 3.50. The summed E-state index contributed by atoms with van der Waals surface area (Å²) in [6.07, 6.45) is 7.46. The Kier molecular flexibility index (Phi) is 9.55. The van der Waals surface area contributed by atoms with Gasteiger partial charge in [-0.25, -0.2) is 0 Å². The second-order valence-corrected chi connectivity index (χ2v) is 11.0. The molecule has 2 aliphatic heterocycles. The van der Waals surface area contributed by atoms with Crippen LogP contribution in [-0.4, -0.2) is 75.4 Å². The zero-order valence-corrected chi connectivity index (χ0v) is 24.7. The number of fused-ring (bicyclic) bond motifs is 3. The first-order chi connectivity index (χ1) is 18.5. The number of ether oxygens (including phenoxy) is 4. The van der Waals surface area contributed by atoms with Gasteiger partial charge in [0.25, 0.3) is 5.91 Å². The molecule has 2 saturated heterocycles. The van der Waals surface area contributed by atoms with Gasteiger partial charge < -0.3 is 23.8 Å². The summed E-state index contributed by atoms with van der Waals surface area (Å²) in [5.41, 5.74) is 3.28. The molecule has 1 unspecified atom stereocenters. The van der Waals surface area contributed by atoms with E-state index in [0.29, 0.717) is 41.1 Å². The summed E-state index contributed by atoms with van der Waals surface area (Å²) in [6, 6.07) is 10.6. The molecular weight excluding hydrogens is 516 g/mol. The Balaban J connectivity index is 0.00000353. The highest BCUT2D eigenvalue weighted by Gasteiger charge is 2.44. The van der Waals surface area contributed by atoms with E-state index in [-0.39, 0.29) is 18.3 Å². The minimum absolute atomic E-state index is 0. The van der Waals surface area contributed by atoms with E-state index in [1.165, 1.54) is 11.1 Å². The number of rotatable bonds is 10. The Morgan fingerprint density at radius 1 is 0.846 bits per heavy atom. The maximum Gasteiger partial charge on any atom is 0.254 e. The highest BCUT2D eigenvalue weighted by atomic mass is 35.5. The van der Waals surface area contributed by atoms with Crippen LogP contribution in [0.15, 0.2) is 30.3 Å². The molecular formula is C31H43ClN2O5. The summed E-state index contributed by atoms with van der Waals surface area (Å²) in [4.78, 5) is 18.5.